The number of ether oxygens (including phenoxy) is 1. The second-order valence-electron chi connectivity index (χ2n) is 5.99. The molecule has 0 fully saturated rings. The number of carbonyl (C=O) groups excluding carboxylic acids is 1. The van der Waals surface area contributed by atoms with Crippen LogP contribution in [-0.4, -0.2) is 17.4 Å². The lowest BCUT2D eigenvalue weighted by atomic mass is 9.99. The first-order valence-electron chi connectivity index (χ1n) is 8.18. The van der Waals surface area contributed by atoms with E-state index < -0.39 is 10.8 Å². The Kier molecular flexibility index (Phi) is 6.11. The highest BCUT2D eigenvalue weighted by Gasteiger charge is 2.16. The van der Waals surface area contributed by atoms with Crippen LogP contribution in [0.4, 0.5) is 11.4 Å². The number of aryl methyl sites for hydroxylation is 1. The lowest BCUT2D eigenvalue weighted by Gasteiger charge is -2.11. The summed E-state index contributed by atoms with van der Waals surface area (Å²) < 4.78 is 5.45. The van der Waals surface area contributed by atoms with Crippen molar-refractivity contribution in [3.8, 4) is 5.75 Å². The van der Waals surface area contributed by atoms with E-state index in [1.165, 1.54) is 17.7 Å². The highest BCUT2D eigenvalue weighted by atomic mass is 16.6. The SMILES string of the molecule is CCC(C)c1ccc(OCC(=O)Nc2ccc(C)cc2[N+](=O)[O-])cc1. The van der Waals surface area contributed by atoms with Crippen LogP contribution in [0.2, 0.25) is 0 Å². The van der Waals surface area contributed by atoms with Gasteiger partial charge < -0.3 is 10.1 Å². The number of nitrogens with zero attached hydrogens (tertiary/aromatic N) is 1. The topological polar surface area (TPSA) is 81.5 Å². The van der Waals surface area contributed by atoms with Crippen LogP contribution in [-0.2, 0) is 4.79 Å². The van der Waals surface area contributed by atoms with Crippen LogP contribution in [0.1, 0.15) is 37.3 Å². The first-order chi connectivity index (χ1) is 11.9. The van der Waals surface area contributed by atoms with Crippen LogP contribution >= 0.6 is 0 Å². The van der Waals surface area contributed by atoms with Crippen LogP contribution in [0.15, 0.2) is 42.5 Å². The van der Waals surface area contributed by atoms with E-state index >= 15 is 0 Å². The van der Waals surface area contributed by atoms with Crippen LogP contribution in [0.3, 0.4) is 0 Å². The van der Waals surface area contributed by atoms with E-state index in [0.717, 1.165) is 12.0 Å². The van der Waals surface area contributed by atoms with Crippen molar-refractivity contribution in [3.63, 3.8) is 0 Å². The Bertz CT molecular complexity index is 757. The number of anilines is 1. The van der Waals surface area contributed by atoms with Gasteiger partial charge in [-0.15, -0.1) is 0 Å². The van der Waals surface area contributed by atoms with Crippen molar-refractivity contribution < 1.29 is 14.5 Å². The third-order valence-electron chi connectivity index (χ3n) is 4.06. The highest BCUT2D eigenvalue weighted by Crippen LogP contribution is 2.25. The van der Waals surface area contributed by atoms with Gasteiger partial charge in [0.25, 0.3) is 11.6 Å². The van der Waals surface area contributed by atoms with Crippen molar-refractivity contribution in [3.05, 3.63) is 63.7 Å². The number of hydrogen-bond donors (Lipinski definition) is 1. The van der Waals surface area contributed by atoms with Gasteiger partial charge in [-0.3, -0.25) is 14.9 Å². The lowest BCUT2D eigenvalue weighted by Crippen LogP contribution is -2.20. The summed E-state index contributed by atoms with van der Waals surface area (Å²) in [6.07, 6.45) is 1.05. The number of benzene rings is 2. The number of carbonyl (C=O) groups is 1. The van der Waals surface area contributed by atoms with Crippen molar-refractivity contribution in [2.45, 2.75) is 33.1 Å². The van der Waals surface area contributed by atoms with Gasteiger partial charge in [0, 0.05) is 6.07 Å². The minimum absolute atomic E-state index is 0.133. The maximum Gasteiger partial charge on any atom is 0.293 e. The quantitative estimate of drug-likeness (QED) is 0.596. The number of rotatable bonds is 7. The summed E-state index contributed by atoms with van der Waals surface area (Å²) in [5.41, 5.74) is 2.00. The molecule has 0 radical (unpaired) electrons. The molecule has 1 amide bonds. The average Bonchev–Trinajstić information content (AvgIpc) is 2.61. The van der Waals surface area contributed by atoms with Crippen LogP contribution in [0, 0.1) is 17.0 Å². The number of hydrogen-bond acceptors (Lipinski definition) is 4. The van der Waals surface area contributed by atoms with Crippen LogP contribution in [0.5, 0.6) is 5.75 Å². The zero-order valence-corrected chi connectivity index (χ0v) is 14.6. The fraction of sp³-hybridized carbons (Fsp3) is 0.316. The molecule has 0 aliphatic heterocycles. The van der Waals surface area contributed by atoms with E-state index in [4.69, 9.17) is 4.74 Å². The van der Waals surface area contributed by atoms with E-state index in [0.29, 0.717) is 11.7 Å². The third-order valence-corrected chi connectivity index (χ3v) is 4.06. The molecule has 0 aliphatic carbocycles. The van der Waals surface area contributed by atoms with Crippen molar-refractivity contribution in [2.75, 3.05) is 11.9 Å². The fourth-order valence-corrected chi connectivity index (χ4v) is 2.36. The molecule has 0 saturated carbocycles. The second-order valence-corrected chi connectivity index (χ2v) is 5.99. The molecule has 6 heteroatoms. The Morgan fingerprint density at radius 2 is 1.92 bits per heavy atom. The Balaban J connectivity index is 1.96. The summed E-state index contributed by atoms with van der Waals surface area (Å²) in [5.74, 6) is 0.609. The van der Waals surface area contributed by atoms with Gasteiger partial charge in [-0.25, -0.2) is 0 Å². The van der Waals surface area contributed by atoms with Crippen molar-refractivity contribution >= 4 is 17.3 Å². The number of amides is 1. The molecule has 0 bridgehead atoms. The molecule has 0 saturated heterocycles. The first-order valence-corrected chi connectivity index (χ1v) is 8.18. The molecule has 0 spiro atoms. The molecule has 2 aromatic rings. The lowest BCUT2D eigenvalue weighted by molar-refractivity contribution is -0.384. The second kappa shape index (κ2) is 8.28. The maximum atomic E-state index is 12.0. The van der Waals surface area contributed by atoms with Gasteiger partial charge in [0.05, 0.1) is 4.92 Å². The number of nitro groups is 1. The molecule has 6 nitrogen and oxygen atoms in total. The molecular weight excluding hydrogens is 320 g/mol. The average molecular weight is 342 g/mol. The van der Waals surface area contributed by atoms with Gasteiger partial charge in [0.15, 0.2) is 6.61 Å². The standard InChI is InChI=1S/C19H22N2O4/c1-4-14(3)15-6-8-16(9-7-15)25-12-19(22)20-17-10-5-13(2)11-18(17)21(23)24/h5-11,14H,4,12H2,1-3H3,(H,20,22). The molecule has 0 heterocycles. The molecule has 0 aromatic heterocycles. The minimum Gasteiger partial charge on any atom is -0.484 e. The van der Waals surface area contributed by atoms with E-state index in [-0.39, 0.29) is 18.0 Å². The Hall–Kier alpha value is -2.89. The first kappa shape index (κ1) is 18.4. The zero-order chi connectivity index (χ0) is 18.4. The summed E-state index contributed by atoms with van der Waals surface area (Å²) in [5, 5.41) is 13.6. The van der Waals surface area contributed by atoms with Crippen molar-refractivity contribution in [1.29, 1.82) is 0 Å². The van der Waals surface area contributed by atoms with Gasteiger partial charge in [-0.1, -0.05) is 32.0 Å². The largest absolute Gasteiger partial charge is 0.484 e. The van der Waals surface area contributed by atoms with E-state index in [2.05, 4.69) is 19.2 Å². The van der Waals surface area contributed by atoms with E-state index in [1.54, 1.807) is 13.0 Å². The van der Waals surface area contributed by atoms with Crippen molar-refractivity contribution in [1.82, 2.24) is 0 Å². The number of nitrogens with one attached hydrogen (secondary N) is 1. The highest BCUT2D eigenvalue weighted by molar-refractivity contribution is 5.94. The Labute approximate surface area is 147 Å². The molecule has 132 valence electrons. The van der Waals surface area contributed by atoms with Crippen LogP contribution in [0.25, 0.3) is 0 Å². The van der Waals surface area contributed by atoms with Gasteiger partial charge >= 0.3 is 0 Å². The van der Waals surface area contributed by atoms with E-state index in [1.807, 2.05) is 24.3 Å². The summed E-state index contributed by atoms with van der Waals surface area (Å²) in [4.78, 5) is 22.6. The molecule has 2 aromatic carbocycles. The number of nitro benzene ring substituents is 1. The molecule has 1 atom stereocenters. The predicted molar refractivity (Wildman–Crippen MR) is 97.1 cm³/mol. The van der Waals surface area contributed by atoms with Gasteiger partial charge in [0.2, 0.25) is 0 Å². The van der Waals surface area contributed by atoms with E-state index in [9.17, 15) is 14.9 Å². The smallest absolute Gasteiger partial charge is 0.293 e. The molecule has 25 heavy (non-hydrogen) atoms. The molecule has 0 aliphatic rings. The zero-order valence-electron chi connectivity index (χ0n) is 14.6. The van der Waals surface area contributed by atoms with Crippen LogP contribution < -0.4 is 10.1 Å². The Morgan fingerprint density at radius 3 is 2.52 bits per heavy atom. The maximum absolute atomic E-state index is 12.0. The monoisotopic (exact) mass is 342 g/mol. The molecule has 1 N–H and O–H groups in total. The fourth-order valence-electron chi connectivity index (χ4n) is 2.36. The molecule has 2 rings (SSSR count). The molecular formula is C19H22N2O4. The summed E-state index contributed by atoms with van der Waals surface area (Å²) in [6.45, 7) is 5.82. The summed E-state index contributed by atoms with van der Waals surface area (Å²) in [7, 11) is 0. The molecule has 1 unspecified atom stereocenters. The normalized spacial score (nSPS) is 11.6. The third kappa shape index (κ3) is 5.04. The summed E-state index contributed by atoms with van der Waals surface area (Å²) >= 11 is 0. The van der Waals surface area contributed by atoms with Crippen molar-refractivity contribution in [2.24, 2.45) is 0 Å². The van der Waals surface area contributed by atoms with Gasteiger partial charge in [-0.2, -0.15) is 0 Å². The predicted octanol–water partition coefficient (Wildman–Crippen LogP) is 4.43. The van der Waals surface area contributed by atoms with Gasteiger partial charge in [-0.05, 0) is 48.6 Å². The summed E-state index contributed by atoms with van der Waals surface area (Å²) in [6, 6.07) is 12.2. The van der Waals surface area contributed by atoms with Gasteiger partial charge in [0.1, 0.15) is 11.4 Å². The Morgan fingerprint density at radius 1 is 1.24 bits per heavy atom. The minimum atomic E-state index is -0.517.